The first kappa shape index (κ1) is 22.9. The first-order chi connectivity index (χ1) is 17.4. The maximum Gasteiger partial charge on any atom is 0.264 e. The van der Waals surface area contributed by atoms with Crippen LogP contribution in [-0.2, 0) is 6.54 Å². The first-order valence-electron chi connectivity index (χ1n) is 11.4. The highest BCUT2D eigenvalue weighted by atomic mass is 16.2. The lowest BCUT2D eigenvalue weighted by Gasteiger charge is -2.08. The van der Waals surface area contributed by atoms with Crippen molar-refractivity contribution in [2.45, 2.75) is 20.4 Å². The number of aryl methyl sites for hydroxylation is 2. The summed E-state index contributed by atoms with van der Waals surface area (Å²) in [5, 5.41) is 7.50. The van der Waals surface area contributed by atoms with E-state index >= 15 is 0 Å². The number of benzene rings is 3. The number of fused-ring (bicyclic) bond motifs is 1. The fourth-order valence-corrected chi connectivity index (χ4v) is 4.10. The number of hydrogen-bond donors (Lipinski definition) is 1. The van der Waals surface area contributed by atoms with Crippen molar-refractivity contribution in [3.8, 4) is 5.69 Å². The molecule has 0 radical (unpaired) electrons. The van der Waals surface area contributed by atoms with Gasteiger partial charge in [0.15, 0.2) is 11.4 Å². The highest BCUT2D eigenvalue weighted by Crippen LogP contribution is 2.17. The number of anilines is 1. The smallest absolute Gasteiger partial charge is 0.264 e. The largest absolute Gasteiger partial charge is 0.322 e. The zero-order valence-electron chi connectivity index (χ0n) is 19.8. The number of aromatic nitrogens is 4. The number of carbonyl (C=O) groups is 2. The molecule has 1 amide bonds. The Balaban J connectivity index is 1.33. The molecule has 1 N–H and O–H groups in total. The van der Waals surface area contributed by atoms with Crippen LogP contribution in [0.25, 0.3) is 16.7 Å². The molecule has 5 aromatic rings. The van der Waals surface area contributed by atoms with E-state index in [1.54, 1.807) is 53.2 Å². The lowest BCUT2D eigenvalue weighted by Crippen LogP contribution is -2.24. The molecule has 0 spiro atoms. The summed E-state index contributed by atoms with van der Waals surface area (Å²) in [6, 6.07) is 21.4. The zero-order chi connectivity index (χ0) is 25.2. The third-order valence-corrected chi connectivity index (χ3v) is 5.82. The SMILES string of the molecule is Cc1cc(C)cc(-n2ncc3c(=O)n(CC(=O)c4ccc(NC(=O)c5ccccc5)cc4)cnc32)c1. The molecule has 0 aliphatic carbocycles. The molecule has 36 heavy (non-hydrogen) atoms. The topological polar surface area (TPSA) is 98.9 Å². The minimum atomic E-state index is -0.337. The van der Waals surface area contributed by atoms with Gasteiger partial charge >= 0.3 is 0 Å². The molecular formula is C28H23N5O3. The molecule has 0 saturated heterocycles. The second kappa shape index (κ2) is 9.42. The summed E-state index contributed by atoms with van der Waals surface area (Å²) in [7, 11) is 0. The van der Waals surface area contributed by atoms with Gasteiger partial charge in [-0.1, -0.05) is 24.3 Å². The summed E-state index contributed by atoms with van der Waals surface area (Å²) in [5.74, 6) is -0.483. The van der Waals surface area contributed by atoms with E-state index < -0.39 is 0 Å². The second-order valence-corrected chi connectivity index (χ2v) is 8.64. The van der Waals surface area contributed by atoms with Crippen LogP contribution in [-0.4, -0.2) is 31.0 Å². The maximum atomic E-state index is 13.1. The zero-order valence-corrected chi connectivity index (χ0v) is 19.8. The standard InChI is InChI=1S/C28H23N5O3/c1-18-12-19(2)14-23(13-18)33-26-24(15-30-33)28(36)32(17-29-26)16-25(34)20-8-10-22(11-9-20)31-27(35)21-6-4-3-5-7-21/h3-15,17H,16H2,1-2H3,(H,31,35). The van der Waals surface area contributed by atoms with Crippen LogP contribution in [0, 0.1) is 13.8 Å². The minimum Gasteiger partial charge on any atom is -0.322 e. The fraction of sp³-hybridized carbons (Fsp3) is 0.107. The molecule has 3 aromatic carbocycles. The van der Waals surface area contributed by atoms with Gasteiger partial charge in [0.25, 0.3) is 11.5 Å². The molecule has 2 heterocycles. The van der Waals surface area contributed by atoms with E-state index in [4.69, 9.17) is 0 Å². The number of amides is 1. The highest BCUT2D eigenvalue weighted by Gasteiger charge is 2.15. The van der Waals surface area contributed by atoms with Gasteiger partial charge in [0.2, 0.25) is 0 Å². The van der Waals surface area contributed by atoms with E-state index in [0.29, 0.717) is 27.8 Å². The van der Waals surface area contributed by atoms with Crippen LogP contribution in [0.1, 0.15) is 31.8 Å². The first-order valence-corrected chi connectivity index (χ1v) is 11.4. The predicted molar refractivity (Wildman–Crippen MR) is 138 cm³/mol. The van der Waals surface area contributed by atoms with Crippen LogP contribution < -0.4 is 10.9 Å². The van der Waals surface area contributed by atoms with Gasteiger partial charge in [-0.3, -0.25) is 19.0 Å². The van der Waals surface area contributed by atoms with Crippen LogP contribution in [0.4, 0.5) is 5.69 Å². The van der Waals surface area contributed by atoms with E-state index in [1.165, 1.54) is 17.1 Å². The molecular weight excluding hydrogens is 454 g/mol. The Kier molecular flexibility index (Phi) is 6.00. The summed E-state index contributed by atoms with van der Waals surface area (Å²) in [4.78, 5) is 42.7. The average molecular weight is 478 g/mol. The van der Waals surface area contributed by atoms with Crippen molar-refractivity contribution in [2.75, 3.05) is 5.32 Å². The average Bonchev–Trinajstić information content (AvgIpc) is 3.31. The molecule has 8 nitrogen and oxygen atoms in total. The minimum absolute atomic E-state index is 0.160. The van der Waals surface area contributed by atoms with Crippen LogP contribution in [0.2, 0.25) is 0 Å². The number of carbonyl (C=O) groups excluding carboxylic acids is 2. The maximum absolute atomic E-state index is 13.1. The van der Waals surface area contributed by atoms with Crippen molar-refractivity contribution in [1.82, 2.24) is 19.3 Å². The van der Waals surface area contributed by atoms with Crippen LogP contribution in [0.3, 0.4) is 0 Å². The third-order valence-electron chi connectivity index (χ3n) is 5.82. The lowest BCUT2D eigenvalue weighted by molar-refractivity contribution is 0.0969. The quantitative estimate of drug-likeness (QED) is 0.367. The molecule has 0 aliphatic rings. The van der Waals surface area contributed by atoms with Crippen molar-refractivity contribution < 1.29 is 9.59 Å². The van der Waals surface area contributed by atoms with Crippen molar-refractivity contribution >= 4 is 28.4 Å². The van der Waals surface area contributed by atoms with E-state index in [9.17, 15) is 14.4 Å². The van der Waals surface area contributed by atoms with Gasteiger partial charge < -0.3 is 5.32 Å². The summed E-state index contributed by atoms with van der Waals surface area (Å²) >= 11 is 0. The summed E-state index contributed by atoms with van der Waals surface area (Å²) < 4.78 is 2.91. The number of nitrogens with zero attached hydrogens (tertiary/aromatic N) is 4. The molecule has 0 unspecified atom stereocenters. The number of nitrogens with one attached hydrogen (secondary N) is 1. The Bertz CT molecular complexity index is 1630. The molecule has 178 valence electrons. The predicted octanol–water partition coefficient (Wildman–Crippen LogP) is 4.33. The second-order valence-electron chi connectivity index (χ2n) is 8.64. The Labute approximate surface area is 206 Å². The number of rotatable bonds is 6. The monoisotopic (exact) mass is 477 g/mol. The summed E-state index contributed by atoms with van der Waals surface area (Å²) in [6.45, 7) is 3.84. The van der Waals surface area contributed by atoms with E-state index in [2.05, 4.69) is 21.5 Å². The third kappa shape index (κ3) is 4.56. The van der Waals surface area contributed by atoms with Gasteiger partial charge in [0, 0.05) is 16.8 Å². The molecule has 0 atom stereocenters. The fourth-order valence-electron chi connectivity index (χ4n) is 4.10. The molecule has 2 aromatic heterocycles. The Morgan fingerprint density at radius 1 is 0.889 bits per heavy atom. The Morgan fingerprint density at radius 2 is 1.58 bits per heavy atom. The van der Waals surface area contributed by atoms with Gasteiger partial charge in [0.1, 0.15) is 11.7 Å². The summed E-state index contributed by atoms with van der Waals surface area (Å²) in [5.41, 5.74) is 4.62. The van der Waals surface area contributed by atoms with Crippen molar-refractivity contribution in [3.63, 3.8) is 0 Å². The van der Waals surface area contributed by atoms with Crippen molar-refractivity contribution in [1.29, 1.82) is 0 Å². The van der Waals surface area contributed by atoms with Crippen LogP contribution >= 0.6 is 0 Å². The van der Waals surface area contributed by atoms with Gasteiger partial charge in [-0.15, -0.1) is 0 Å². The van der Waals surface area contributed by atoms with E-state index in [1.807, 2.05) is 32.0 Å². The van der Waals surface area contributed by atoms with Gasteiger partial charge in [0.05, 0.1) is 18.4 Å². The van der Waals surface area contributed by atoms with Gasteiger partial charge in [-0.05, 0) is 73.5 Å². The molecule has 0 saturated carbocycles. The van der Waals surface area contributed by atoms with E-state index in [-0.39, 0.29) is 23.8 Å². The molecule has 5 rings (SSSR count). The number of Topliss-reactive ketones (excluding diaryl/α,β-unsaturated/α-hetero) is 1. The van der Waals surface area contributed by atoms with Gasteiger partial charge in [-0.2, -0.15) is 5.10 Å². The Hall–Kier alpha value is -4.85. The van der Waals surface area contributed by atoms with E-state index in [0.717, 1.165) is 16.8 Å². The Morgan fingerprint density at radius 3 is 2.28 bits per heavy atom. The molecule has 0 aliphatic heterocycles. The van der Waals surface area contributed by atoms with Crippen molar-refractivity contribution in [2.24, 2.45) is 0 Å². The number of hydrogen-bond acceptors (Lipinski definition) is 5. The summed E-state index contributed by atoms with van der Waals surface area (Å²) in [6.07, 6.45) is 2.85. The van der Waals surface area contributed by atoms with Crippen molar-refractivity contribution in [3.05, 3.63) is 118 Å². The van der Waals surface area contributed by atoms with Crippen LogP contribution in [0.15, 0.2) is 90.1 Å². The molecule has 0 fully saturated rings. The molecule has 0 bridgehead atoms. The normalized spacial score (nSPS) is 10.9. The molecule has 8 heteroatoms. The number of ketones is 1. The van der Waals surface area contributed by atoms with Crippen LogP contribution in [0.5, 0.6) is 0 Å². The van der Waals surface area contributed by atoms with Gasteiger partial charge in [-0.25, -0.2) is 9.67 Å². The highest BCUT2D eigenvalue weighted by molar-refractivity contribution is 6.04. The lowest BCUT2D eigenvalue weighted by atomic mass is 10.1.